The summed E-state index contributed by atoms with van der Waals surface area (Å²) in [6, 6.07) is 9.78. The number of hydrogen-bond donors (Lipinski definition) is 0. The number of nitrogens with zero attached hydrogens (tertiary/aromatic N) is 5. The average molecular weight is 383 g/mol. The summed E-state index contributed by atoms with van der Waals surface area (Å²) in [6.45, 7) is 7.56. The maximum absolute atomic E-state index is 5.96. The summed E-state index contributed by atoms with van der Waals surface area (Å²) < 4.78 is 7.73. The maximum atomic E-state index is 5.96. The van der Waals surface area contributed by atoms with Gasteiger partial charge in [-0.1, -0.05) is 30.9 Å². The van der Waals surface area contributed by atoms with Crippen molar-refractivity contribution < 1.29 is 4.74 Å². The number of aromatic nitrogens is 4. The molecule has 0 aliphatic carbocycles. The number of allylic oxidation sites excluding steroid dienone is 4. The molecule has 144 valence electrons. The minimum atomic E-state index is 0.199. The van der Waals surface area contributed by atoms with Gasteiger partial charge in [-0.2, -0.15) is 5.10 Å². The summed E-state index contributed by atoms with van der Waals surface area (Å²) in [4.78, 5) is 10.5. The molecule has 1 aliphatic heterocycles. The Kier molecular flexibility index (Phi) is 5.58. The minimum absolute atomic E-state index is 0.199. The second-order valence-corrected chi connectivity index (χ2v) is 6.95. The van der Waals surface area contributed by atoms with Gasteiger partial charge < -0.3 is 9.55 Å². The molecule has 1 unspecified atom stereocenters. The van der Waals surface area contributed by atoms with Crippen LogP contribution >= 0.6 is 0 Å². The van der Waals surface area contributed by atoms with Crippen molar-refractivity contribution in [2.75, 3.05) is 13.1 Å². The molecule has 4 rings (SSSR count). The van der Waals surface area contributed by atoms with Gasteiger partial charge in [-0.25, -0.2) is 14.6 Å². The van der Waals surface area contributed by atoms with Crippen LogP contribution in [0.2, 0.25) is 0 Å². The van der Waals surface area contributed by atoms with Gasteiger partial charge in [0.25, 0.3) is 0 Å². The lowest BCUT2D eigenvalue weighted by molar-refractivity contribution is 0.447. The Hall–Kier alpha value is -3.19. The number of ether oxygens (including phenoxy) is 1. The van der Waals surface area contributed by atoms with Crippen LogP contribution in [0.4, 0.5) is 0 Å². The van der Waals surface area contributed by atoms with Crippen LogP contribution in [-0.4, -0.2) is 45.6 Å². The standard InChI is InChI=1S/C22H22BN5O/c1-3-17(10-9-16(2)29-19-7-5-4-6-8-19)21-20-13-24-15-25-22(20)28(26-21)18-11-12-27(23)14-18/h3-10,13,15,18H,2,11-12,14H2,1H3/b10-9-,17-3+. The Morgan fingerprint density at radius 1 is 1.28 bits per heavy atom. The van der Waals surface area contributed by atoms with Crippen LogP contribution < -0.4 is 4.74 Å². The van der Waals surface area contributed by atoms with Crippen molar-refractivity contribution in [2.24, 2.45) is 0 Å². The largest absolute Gasteiger partial charge is 0.458 e. The van der Waals surface area contributed by atoms with Crippen LogP contribution in [0.15, 0.2) is 73.4 Å². The zero-order chi connectivity index (χ0) is 20.2. The maximum Gasteiger partial charge on any atom is 0.182 e. The molecule has 29 heavy (non-hydrogen) atoms. The Morgan fingerprint density at radius 2 is 2.10 bits per heavy atom. The fraction of sp³-hybridized carbons (Fsp3) is 0.227. The first-order valence-electron chi connectivity index (χ1n) is 9.60. The normalized spacial score (nSPS) is 18.0. The molecule has 1 atom stereocenters. The lowest BCUT2D eigenvalue weighted by Gasteiger charge is -2.11. The van der Waals surface area contributed by atoms with E-state index in [-0.39, 0.29) is 6.04 Å². The summed E-state index contributed by atoms with van der Waals surface area (Å²) in [7, 11) is 5.96. The van der Waals surface area contributed by atoms with E-state index in [0.717, 1.165) is 47.6 Å². The van der Waals surface area contributed by atoms with Gasteiger partial charge in [-0.05, 0) is 49.7 Å². The molecule has 0 bridgehead atoms. The van der Waals surface area contributed by atoms with E-state index in [4.69, 9.17) is 17.8 Å². The highest BCUT2D eigenvalue weighted by atomic mass is 16.5. The van der Waals surface area contributed by atoms with Crippen LogP contribution in [-0.2, 0) is 0 Å². The van der Waals surface area contributed by atoms with E-state index in [2.05, 4.69) is 16.5 Å². The summed E-state index contributed by atoms with van der Waals surface area (Å²) in [5.74, 6) is 1.30. The fourth-order valence-corrected chi connectivity index (χ4v) is 3.49. The molecule has 0 saturated carbocycles. The third-order valence-electron chi connectivity index (χ3n) is 4.94. The van der Waals surface area contributed by atoms with Gasteiger partial charge in [0.2, 0.25) is 0 Å². The highest BCUT2D eigenvalue weighted by Gasteiger charge is 2.25. The monoisotopic (exact) mass is 383 g/mol. The number of benzene rings is 1. The molecule has 1 fully saturated rings. The molecular weight excluding hydrogens is 361 g/mol. The first kappa shape index (κ1) is 19.1. The van der Waals surface area contributed by atoms with Crippen LogP contribution in [0.25, 0.3) is 16.6 Å². The van der Waals surface area contributed by atoms with Crippen LogP contribution in [0, 0.1) is 0 Å². The van der Waals surface area contributed by atoms with E-state index >= 15 is 0 Å². The fourth-order valence-electron chi connectivity index (χ4n) is 3.49. The predicted molar refractivity (Wildman–Crippen MR) is 115 cm³/mol. The summed E-state index contributed by atoms with van der Waals surface area (Å²) in [5, 5.41) is 5.79. The number of hydrogen-bond acceptors (Lipinski definition) is 5. The third-order valence-corrected chi connectivity index (χ3v) is 4.94. The minimum Gasteiger partial charge on any atom is -0.458 e. The Morgan fingerprint density at radius 3 is 2.83 bits per heavy atom. The molecule has 2 radical (unpaired) electrons. The molecule has 1 saturated heterocycles. The van der Waals surface area contributed by atoms with Crippen LogP contribution in [0.3, 0.4) is 0 Å². The second kappa shape index (κ2) is 8.45. The van der Waals surface area contributed by atoms with Crippen LogP contribution in [0.1, 0.15) is 25.1 Å². The van der Waals surface area contributed by atoms with Gasteiger partial charge in [-0.15, -0.1) is 0 Å². The van der Waals surface area contributed by atoms with Gasteiger partial charge in [0.05, 0.1) is 11.4 Å². The number of rotatable bonds is 6. The quantitative estimate of drug-likeness (QED) is 0.369. The number of fused-ring (bicyclic) bond motifs is 1. The SMILES string of the molecule is [B]N1CCC(n2nc(C(/C=C\C(=C)Oc3ccccc3)=C/C)c3cncnc32)C1. The van der Waals surface area contributed by atoms with Crippen molar-refractivity contribution in [2.45, 2.75) is 19.4 Å². The highest BCUT2D eigenvalue weighted by molar-refractivity contribution is 6.04. The molecule has 3 heterocycles. The summed E-state index contributed by atoms with van der Waals surface area (Å²) in [6.07, 6.45) is 10.1. The molecule has 0 spiro atoms. The molecule has 6 nitrogen and oxygen atoms in total. The molecule has 3 aromatic rings. The van der Waals surface area contributed by atoms with Gasteiger partial charge >= 0.3 is 0 Å². The van der Waals surface area contributed by atoms with E-state index in [1.807, 2.05) is 71.2 Å². The second-order valence-electron chi connectivity index (χ2n) is 6.95. The molecule has 1 aromatic carbocycles. The summed E-state index contributed by atoms with van der Waals surface area (Å²) in [5.41, 5.74) is 2.61. The molecular formula is C22H22BN5O. The lowest BCUT2D eigenvalue weighted by Crippen LogP contribution is -2.18. The van der Waals surface area contributed by atoms with Gasteiger partial charge in [0, 0.05) is 12.7 Å². The van der Waals surface area contributed by atoms with E-state index in [0.29, 0.717) is 5.76 Å². The number of para-hydroxylation sites is 1. The van der Waals surface area contributed by atoms with Crippen molar-refractivity contribution in [3.63, 3.8) is 0 Å². The van der Waals surface area contributed by atoms with Crippen molar-refractivity contribution in [1.29, 1.82) is 0 Å². The zero-order valence-electron chi connectivity index (χ0n) is 16.4. The third kappa shape index (κ3) is 4.15. The van der Waals surface area contributed by atoms with Crippen LogP contribution in [0.5, 0.6) is 5.75 Å². The predicted octanol–water partition coefficient (Wildman–Crippen LogP) is 3.71. The van der Waals surface area contributed by atoms with Crippen molar-refractivity contribution in [1.82, 2.24) is 24.6 Å². The highest BCUT2D eigenvalue weighted by Crippen LogP contribution is 2.29. The Labute approximate surface area is 171 Å². The Balaban J connectivity index is 1.61. The topological polar surface area (TPSA) is 56.1 Å². The summed E-state index contributed by atoms with van der Waals surface area (Å²) >= 11 is 0. The van der Waals surface area contributed by atoms with Gasteiger partial charge in [0.1, 0.15) is 23.5 Å². The van der Waals surface area contributed by atoms with E-state index in [1.54, 1.807) is 6.33 Å². The van der Waals surface area contributed by atoms with Crippen molar-refractivity contribution >= 4 is 24.6 Å². The Bertz CT molecular complexity index is 1070. The van der Waals surface area contributed by atoms with Gasteiger partial charge in [0.15, 0.2) is 13.6 Å². The molecule has 1 aliphatic rings. The molecule has 0 N–H and O–H groups in total. The average Bonchev–Trinajstić information content (AvgIpc) is 3.33. The zero-order valence-corrected chi connectivity index (χ0v) is 16.4. The first-order valence-corrected chi connectivity index (χ1v) is 9.60. The van der Waals surface area contributed by atoms with Gasteiger partial charge in [-0.3, -0.25) is 0 Å². The van der Waals surface area contributed by atoms with E-state index < -0.39 is 0 Å². The molecule has 7 heteroatoms. The molecule has 0 amide bonds. The first-order chi connectivity index (χ1) is 14.2. The van der Waals surface area contributed by atoms with E-state index in [9.17, 15) is 0 Å². The van der Waals surface area contributed by atoms with Crippen molar-refractivity contribution in [3.8, 4) is 5.75 Å². The lowest BCUT2D eigenvalue weighted by atomic mass is 10.1. The van der Waals surface area contributed by atoms with Crippen molar-refractivity contribution in [3.05, 3.63) is 79.1 Å². The van der Waals surface area contributed by atoms with E-state index in [1.165, 1.54) is 0 Å². The smallest absolute Gasteiger partial charge is 0.182 e. The molecule has 2 aromatic heterocycles.